The minimum atomic E-state index is -3.13. The van der Waals surface area contributed by atoms with E-state index in [2.05, 4.69) is 30.6 Å². The van der Waals surface area contributed by atoms with Crippen LogP contribution in [0.1, 0.15) is 32.1 Å². The van der Waals surface area contributed by atoms with Crippen LogP contribution in [0.15, 0.2) is 47.4 Å². The fourth-order valence-electron chi connectivity index (χ4n) is 5.28. The number of ether oxygens (including phenoxy) is 2. The third-order valence-electron chi connectivity index (χ3n) is 7.85. The second-order valence-electron chi connectivity index (χ2n) is 10.8. The molecule has 45 heavy (non-hydrogen) atoms. The normalized spacial score (nSPS) is 17.3. The molecule has 0 spiro atoms. The second kappa shape index (κ2) is 11.8. The third-order valence-corrected chi connectivity index (χ3v) is 7.85. The number of hydrogen-bond acceptors (Lipinski definition) is 10. The van der Waals surface area contributed by atoms with E-state index in [9.17, 15) is 9.59 Å². The summed E-state index contributed by atoms with van der Waals surface area (Å²) in [5.74, 6) is -0.685. The van der Waals surface area contributed by atoms with Crippen LogP contribution in [0.3, 0.4) is 0 Å². The lowest BCUT2D eigenvalue weighted by molar-refractivity contribution is -0.117. The van der Waals surface area contributed by atoms with Gasteiger partial charge in [0, 0.05) is 62.1 Å². The van der Waals surface area contributed by atoms with Crippen LogP contribution < -0.4 is 25.4 Å². The van der Waals surface area contributed by atoms with Gasteiger partial charge in [-0.2, -0.15) is 4.52 Å². The molecule has 0 radical (unpaired) electrons. The molecular weight excluding hydrogens is 581 g/mol. The smallest absolute Gasteiger partial charge is 0.294 e. The Morgan fingerprint density at radius 1 is 1.24 bits per heavy atom. The Bertz CT molecular complexity index is 2150. The zero-order chi connectivity index (χ0) is 35.4. The summed E-state index contributed by atoms with van der Waals surface area (Å²) in [6.45, 7) is -4.75. The van der Waals surface area contributed by atoms with Gasteiger partial charge >= 0.3 is 0 Å². The first-order valence-electron chi connectivity index (χ1n) is 16.9. The number of rotatable bonds is 9. The molecule has 5 heterocycles. The van der Waals surface area contributed by atoms with Gasteiger partial charge in [-0.25, -0.2) is 14.4 Å². The molecule has 0 unspecified atom stereocenters. The molecule has 1 saturated carbocycles. The first kappa shape index (κ1) is 23.3. The van der Waals surface area contributed by atoms with Crippen molar-refractivity contribution in [3.05, 3.63) is 64.3 Å². The summed E-state index contributed by atoms with van der Waals surface area (Å²) in [6, 6.07) is 9.27. The van der Waals surface area contributed by atoms with Crippen LogP contribution >= 0.6 is 0 Å². The third kappa shape index (κ3) is 5.52. The number of nitrogens with one attached hydrogen (secondary N) is 2. The summed E-state index contributed by atoms with van der Waals surface area (Å²) >= 11 is 0. The number of morpholine rings is 1. The van der Waals surface area contributed by atoms with E-state index in [1.54, 1.807) is 29.2 Å². The number of nitrogens with zero attached hydrogens (tertiary/aromatic N) is 7. The molecule has 5 aromatic rings. The van der Waals surface area contributed by atoms with Crippen molar-refractivity contribution < 1.29 is 25.5 Å². The van der Waals surface area contributed by atoms with E-state index in [0.717, 1.165) is 28.3 Å². The zero-order valence-electron chi connectivity index (χ0n) is 29.2. The highest BCUT2D eigenvalue weighted by Crippen LogP contribution is 2.34. The molecule has 0 atom stereocenters. The summed E-state index contributed by atoms with van der Waals surface area (Å²) in [6.07, 6.45) is 2.77. The zero-order valence-corrected chi connectivity index (χ0v) is 24.2. The first-order chi connectivity index (χ1) is 23.9. The van der Waals surface area contributed by atoms with Crippen molar-refractivity contribution in [3.8, 4) is 17.1 Å². The van der Waals surface area contributed by atoms with Gasteiger partial charge in [0.15, 0.2) is 28.9 Å². The molecule has 1 aliphatic heterocycles. The number of carbonyl (C=O) groups excluding carboxylic acids is 1. The molecule has 2 aliphatic rings. The number of benzene rings is 1. The average Bonchev–Trinajstić information content (AvgIpc) is 3.86. The van der Waals surface area contributed by atoms with Gasteiger partial charge < -0.3 is 24.6 Å². The standard InChI is InChI=1S/C31H32FN9O4/c1-3-39(17-18-4-8-20(44-2)9-5-18)29-26-21(14-25(36-37-26)34-30(42)19-6-7-19)22(16-33-29)27-35-28-23(32)15-24(31(43)41(28)38-27)40-10-12-45-13-11-40/h4-5,8-9,14-16,19H,3,6-7,10-13,17H2,1-2H3,(H,35,38)(H,34,36,42)/i1D3,3D2. The number of methoxy groups -OCH3 is 1. The molecule has 1 amide bonds. The van der Waals surface area contributed by atoms with Gasteiger partial charge in [-0.05, 0) is 43.5 Å². The van der Waals surface area contributed by atoms with E-state index >= 15 is 4.39 Å². The maximum atomic E-state index is 15.5. The minimum absolute atomic E-state index is 0.0113. The van der Waals surface area contributed by atoms with Crippen molar-refractivity contribution in [2.24, 2.45) is 5.92 Å². The highest BCUT2D eigenvalue weighted by atomic mass is 19.1. The number of pyridine rings is 2. The number of hydrogen-bond donors (Lipinski definition) is 2. The maximum Gasteiger partial charge on any atom is 0.294 e. The summed E-state index contributed by atoms with van der Waals surface area (Å²) in [5, 5.41) is 14.3. The Labute approximate surface area is 264 Å². The number of amides is 1. The van der Waals surface area contributed by atoms with E-state index in [0.29, 0.717) is 37.6 Å². The molecule has 1 saturated heterocycles. The highest BCUT2D eigenvalue weighted by Gasteiger charge is 2.30. The van der Waals surface area contributed by atoms with Gasteiger partial charge in [0.25, 0.3) is 5.56 Å². The van der Waals surface area contributed by atoms with Gasteiger partial charge in [0.05, 0.1) is 20.3 Å². The quantitative estimate of drug-likeness (QED) is 0.252. The topological polar surface area (TPSA) is 143 Å². The van der Waals surface area contributed by atoms with Crippen molar-refractivity contribution in [2.45, 2.75) is 26.2 Å². The predicted octanol–water partition coefficient (Wildman–Crippen LogP) is 3.39. The molecular formula is C31H32FN9O4. The number of carbonyl (C=O) groups is 1. The summed E-state index contributed by atoms with van der Waals surface area (Å²) in [5.41, 5.74) is 0.0370. The number of fused-ring (bicyclic) bond motifs is 2. The Hall–Kier alpha value is -5.11. The van der Waals surface area contributed by atoms with E-state index in [1.165, 1.54) is 19.4 Å². The number of H-pyrrole nitrogens is 1. The largest absolute Gasteiger partial charge is 0.497 e. The molecule has 232 valence electrons. The number of aromatic nitrogens is 6. The van der Waals surface area contributed by atoms with E-state index in [1.807, 2.05) is 0 Å². The first-order valence-corrected chi connectivity index (χ1v) is 14.4. The minimum Gasteiger partial charge on any atom is -0.497 e. The Morgan fingerprint density at radius 3 is 2.78 bits per heavy atom. The summed E-state index contributed by atoms with van der Waals surface area (Å²) in [4.78, 5) is 37.8. The van der Waals surface area contributed by atoms with Crippen LogP contribution in [0.2, 0.25) is 0 Å². The Balaban J connectivity index is 1.40. The summed E-state index contributed by atoms with van der Waals surface area (Å²) < 4.78 is 68.8. The van der Waals surface area contributed by atoms with Crippen molar-refractivity contribution in [1.29, 1.82) is 0 Å². The van der Waals surface area contributed by atoms with Crippen molar-refractivity contribution in [3.63, 3.8) is 0 Å². The van der Waals surface area contributed by atoms with Crippen LogP contribution in [0, 0.1) is 11.7 Å². The lowest BCUT2D eigenvalue weighted by atomic mass is 10.1. The van der Waals surface area contributed by atoms with Crippen LogP contribution in [-0.2, 0) is 16.1 Å². The summed E-state index contributed by atoms with van der Waals surface area (Å²) in [7, 11) is 1.50. The second-order valence-corrected chi connectivity index (χ2v) is 10.8. The van der Waals surface area contributed by atoms with Gasteiger partial charge in [-0.3, -0.25) is 14.7 Å². The average molecular weight is 619 g/mol. The Kier molecular flexibility index (Phi) is 6.09. The Morgan fingerprint density at radius 2 is 2.04 bits per heavy atom. The van der Waals surface area contributed by atoms with Gasteiger partial charge in [0.2, 0.25) is 5.91 Å². The number of halogens is 1. The van der Waals surface area contributed by atoms with Crippen molar-refractivity contribution >= 4 is 39.8 Å². The molecule has 14 heteroatoms. The van der Waals surface area contributed by atoms with E-state index in [-0.39, 0.29) is 63.6 Å². The molecule has 1 aliphatic carbocycles. The SMILES string of the molecule is [2H]C([2H])([2H])C([2H])([2H])N(Cc1ccc(OC)cc1)c1ncc(-c2nc3c(F)cc(N4CCOCC4)c(=O)n3[nH]2)c2cc(NC(=O)C3CC3)nnc12. The van der Waals surface area contributed by atoms with Gasteiger partial charge in [0.1, 0.15) is 17.0 Å². The molecule has 13 nitrogen and oxygen atoms in total. The van der Waals surface area contributed by atoms with Crippen LogP contribution in [-0.4, -0.2) is 75.6 Å². The van der Waals surface area contributed by atoms with E-state index in [4.69, 9.17) is 16.3 Å². The predicted molar refractivity (Wildman–Crippen MR) is 166 cm³/mol. The number of aromatic amines is 1. The molecule has 1 aromatic carbocycles. The van der Waals surface area contributed by atoms with E-state index < -0.39 is 24.7 Å². The highest BCUT2D eigenvalue weighted by molar-refractivity contribution is 6.01. The molecule has 0 bridgehead atoms. The van der Waals surface area contributed by atoms with Crippen molar-refractivity contribution in [1.82, 2.24) is 29.8 Å². The lowest BCUT2D eigenvalue weighted by Gasteiger charge is -2.27. The van der Waals surface area contributed by atoms with Gasteiger partial charge in [-0.1, -0.05) is 12.1 Å². The lowest BCUT2D eigenvalue weighted by Crippen LogP contribution is -2.40. The van der Waals surface area contributed by atoms with Gasteiger partial charge in [-0.15, -0.1) is 10.2 Å². The molecule has 4 aromatic heterocycles. The van der Waals surface area contributed by atoms with Crippen LogP contribution in [0.25, 0.3) is 27.9 Å². The number of anilines is 3. The van der Waals surface area contributed by atoms with Crippen LogP contribution in [0.4, 0.5) is 21.7 Å². The molecule has 2 N–H and O–H groups in total. The molecule has 2 fully saturated rings. The van der Waals surface area contributed by atoms with Crippen LogP contribution in [0.5, 0.6) is 5.75 Å². The maximum absolute atomic E-state index is 15.5. The monoisotopic (exact) mass is 618 g/mol. The fourth-order valence-corrected chi connectivity index (χ4v) is 5.28. The van der Waals surface area contributed by atoms with Crippen molar-refractivity contribution in [2.75, 3.05) is 55.0 Å². The fraction of sp³-hybridized carbons (Fsp3) is 0.355. The molecule has 7 rings (SSSR count).